The third-order valence-electron chi connectivity index (χ3n) is 4.01. The van der Waals surface area contributed by atoms with E-state index in [1.807, 2.05) is 0 Å². The van der Waals surface area contributed by atoms with Gasteiger partial charge in [0.25, 0.3) is 5.56 Å². The highest BCUT2D eigenvalue weighted by Crippen LogP contribution is 2.66. The summed E-state index contributed by atoms with van der Waals surface area (Å²) < 4.78 is 51.0. The van der Waals surface area contributed by atoms with Crippen molar-refractivity contribution in [2.75, 3.05) is 12.3 Å². The second kappa shape index (κ2) is 8.79. The summed E-state index contributed by atoms with van der Waals surface area (Å²) in [5, 5.41) is 20.4. The fourth-order valence-corrected chi connectivity index (χ4v) is 5.85. The number of ether oxygens (including phenoxy) is 1. The minimum absolute atomic E-state index is 0.337. The highest BCUT2D eigenvalue weighted by molar-refractivity contribution is 7.66. The largest absolute Gasteiger partial charge is 0.490 e. The van der Waals surface area contributed by atoms with Crippen LogP contribution in [0.2, 0.25) is 0 Å². The van der Waals surface area contributed by atoms with Crippen LogP contribution in [0.25, 0.3) is 11.2 Å². The van der Waals surface area contributed by atoms with Crippen LogP contribution in [0.15, 0.2) is 9.59 Å². The number of aliphatic hydroxyl groups is 2. The number of nitrogens with one attached hydrogen (secondary N) is 2. The Morgan fingerprint density at radius 3 is 2.27 bits per heavy atom. The van der Waals surface area contributed by atoms with Gasteiger partial charge in [0.15, 0.2) is 17.4 Å². The minimum atomic E-state index is -5.78. The lowest BCUT2D eigenvalue weighted by atomic mass is 10.1. The van der Waals surface area contributed by atoms with Gasteiger partial charge in [0.1, 0.15) is 18.3 Å². The number of imidazole rings is 1. The van der Waals surface area contributed by atoms with Crippen molar-refractivity contribution in [2.45, 2.75) is 24.5 Å². The molecule has 0 aliphatic carbocycles. The average molecular weight is 539 g/mol. The molecule has 3 heterocycles. The Morgan fingerprint density at radius 2 is 1.67 bits per heavy atom. The molecule has 1 saturated heterocycles. The molecule has 0 aromatic carbocycles. The topological polar surface area (TPSA) is 319 Å². The summed E-state index contributed by atoms with van der Waals surface area (Å²) in [6, 6.07) is 0. The number of nitrogens with zero attached hydrogens (tertiary/aromatic N) is 2. The maximum Gasteiger partial charge on any atom is 0.490 e. The second-order valence-corrected chi connectivity index (χ2v) is 10.8. The van der Waals surface area contributed by atoms with Gasteiger partial charge in [0.2, 0.25) is 5.95 Å². The smallest absolute Gasteiger partial charge is 0.387 e. The molecule has 0 radical (unpaired) electrons. The number of aromatic amines is 2. The summed E-state index contributed by atoms with van der Waals surface area (Å²) >= 11 is 0. The Kier molecular flexibility index (Phi) is 6.89. The molecular weight excluding hydrogens is 523 g/mol. The van der Waals surface area contributed by atoms with E-state index in [1.165, 1.54) is 0 Å². The van der Waals surface area contributed by atoms with Crippen molar-refractivity contribution in [2.24, 2.45) is 0 Å². The van der Waals surface area contributed by atoms with E-state index in [4.69, 9.17) is 25.2 Å². The van der Waals surface area contributed by atoms with Gasteiger partial charge in [-0.25, -0.2) is 23.1 Å². The van der Waals surface area contributed by atoms with E-state index in [1.54, 1.807) is 0 Å². The van der Waals surface area contributed by atoms with E-state index in [-0.39, 0.29) is 11.2 Å². The van der Waals surface area contributed by atoms with E-state index in [0.717, 1.165) is 0 Å². The molecular formula is C10H16N5O15P3. The zero-order valence-corrected chi connectivity index (χ0v) is 18.4. The van der Waals surface area contributed by atoms with Crippen molar-refractivity contribution >= 4 is 40.6 Å². The van der Waals surface area contributed by atoms with Crippen molar-refractivity contribution in [3.05, 3.63) is 20.8 Å². The van der Waals surface area contributed by atoms with Crippen LogP contribution >= 0.6 is 23.5 Å². The number of nitrogens with two attached hydrogens (primary N) is 1. The van der Waals surface area contributed by atoms with Crippen molar-refractivity contribution in [3.8, 4) is 0 Å². The molecule has 2 aromatic heterocycles. The molecule has 1 aliphatic rings. The number of hydrogen-bond donors (Lipinski definition) is 9. The molecule has 6 unspecified atom stereocenters. The molecule has 3 rings (SSSR count). The minimum Gasteiger partial charge on any atom is -0.387 e. The molecule has 0 saturated carbocycles. The number of hydrogen-bond acceptors (Lipinski definition) is 13. The SMILES string of the molecule is Nc1nc2c([nH]c(=O)n2C2OC(COP(=O)(O)OP(=O)(O)OP(=O)(O)O)C(O)C2O)c(=O)[nH]1. The van der Waals surface area contributed by atoms with Gasteiger partial charge in [0, 0.05) is 0 Å². The predicted octanol–water partition coefficient (Wildman–Crippen LogP) is -3.04. The number of phosphoric ester groups is 1. The number of rotatable bonds is 8. The van der Waals surface area contributed by atoms with Crippen LogP contribution in [0.4, 0.5) is 5.95 Å². The van der Waals surface area contributed by atoms with Gasteiger partial charge >= 0.3 is 29.2 Å². The molecule has 10 N–H and O–H groups in total. The summed E-state index contributed by atoms with van der Waals surface area (Å²) in [7, 11) is -16.9. The van der Waals surface area contributed by atoms with Crippen LogP contribution in [-0.4, -0.2) is 74.2 Å². The molecule has 33 heavy (non-hydrogen) atoms. The van der Waals surface area contributed by atoms with Gasteiger partial charge in [-0.3, -0.25) is 19.3 Å². The van der Waals surface area contributed by atoms with Crippen LogP contribution < -0.4 is 17.0 Å². The van der Waals surface area contributed by atoms with E-state index >= 15 is 0 Å². The zero-order chi connectivity index (χ0) is 24.9. The molecule has 0 bridgehead atoms. The summed E-state index contributed by atoms with van der Waals surface area (Å²) in [6.45, 7) is -1.11. The third-order valence-corrected chi connectivity index (χ3v) is 7.81. The zero-order valence-electron chi connectivity index (χ0n) is 15.7. The number of aliphatic hydroxyl groups excluding tert-OH is 2. The monoisotopic (exact) mass is 539 g/mol. The molecule has 0 spiro atoms. The van der Waals surface area contributed by atoms with Gasteiger partial charge in [-0.2, -0.15) is 13.6 Å². The van der Waals surface area contributed by atoms with Crippen LogP contribution in [-0.2, 0) is 31.6 Å². The van der Waals surface area contributed by atoms with Gasteiger partial charge < -0.3 is 40.3 Å². The van der Waals surface area contributed by atoms with Crippen LogP contribution in [0.3, 0.4) is 0 Å². The fraction of sp³-hybridized carbons (Fsp3) is 0.500. The summed E-state index contributed by atoms with van der Waals surface area (Å²) in [5.74, 6) is -0.391. The van der Waals surface area contributed by atoms with Crippen molar-refractivity contribution in [3.63, 3.8) is 0 Å². The van der Waals surface area contributed by atoms with Crippen molar-refractivity contribution in [1.29, 1.82) is 0 Å². The Hall–Kier alpha value is -1.76. The number of aromatic nitrogens is 4. The molecule has 0 amide bonds. The fourth-order valence-electron chi connectivity index (χ4n) is 2.82. The Balaban J connectivity index is 1.78. The lowest BCUT2D eigenvalue weighted by Crippen LogP contribution is -2.35. The molecule has 1 aliphatic heterocycles. The average Bonchev–Trinajstić information content (AvgIpc) is 3.07. The molecule has 186 valence electrons. The highest BCUT2D eigenvalue weighted by atomic mass is 31.3. The van der Waals surface area contributed by atoms with Crippen LogP contribution in [0.1, 0.15) is 6.23 Å². The van der Waals surface area contributed by atoms with Gasteiger partial charge in [-0.15, -0.1) is 0 Å². The quantitative estimate of drug-likeness (QED) is 0.150. The Morgan fingerprint density at radius 1 is 1.03 bits per heavy atom. The molecule has 2 aromatic rings. The Bertz CT molecular complexity index is 1310. The van der Waals surface area contributed by atoms with E-state index in [9.17, 15) is 38.4 Å². The van der Waals surface area contributed by atoms with Crippen LogP contribution in [0, 0.1) is 0 Å². The van der Waals surface area contributed by atoms with Gasteiger partial charge in [-0.05, 0) is 0 Å². The first-order valence-corrected chi connectivity index (χ1v) is 12.8. The van der Waals surface area contributed by atoms with E-state index < -0.39 is 71.8 Å². The lowest BCUT2D eigenvalue weighted by Gasteiger charge is -2.19. The third kappa shape index (κ3) is 5.84. The Labute approximate surface area is 180 Å². The predicted molar refractivity (Wildman–Crippen MR) is 101 cm³/mol. The first-order valence-electron chi connectivity index (χ1n) is 8.29. The van der Waals surface area contributed by atoms with Crippen LogP contribution in [0.5, 0.6) is 0 Å². The summed E-state index contributed by atoms with van der Waals surface area (Å²) in [4.78, 5) is 67.8. The number of phosphoric acid groups is 3. The van der Waals surface area contributed by atoms with E-state index in [2.05, 4.69) is 28.1 Å². The van der Waals surface area contributed by atoms with E-state index in [0.29, 0.717) is 4.57 Å². The highest BCUT2D eigenvalue weighted by Gasteiger charge is 2.47. The first kappa shape index (κ1) is 25.9. The summed E-state index contributed by atoms with van der Waals surface area (Å²) in [5.41, 5.74) is 2.91. The first-order chi connectivity index (χ1) is 15.0. The maximum absolute atomic E-state index is 12.3. The molecule has 20 nitrogen and oxygen atoms in total. The number of fused-ring (bicyclic) bond motifs is 1. The molecule has 23 heteroatoms. The van der Waals surface area contributed by atoms with Crippen molar-refractivity contribution < 1.29 is 61.4 Å². The number of anilines is 1. The molecule has 6 atom stereocenters. The number of nitrogen functional groups attached to an aromatic ring is 1. The summed E-state index contributed by atoms with van der Waals surface area (Å²) in [6.07, 6.45) is -7.12. The lowest BCUT2D eigenvalue weighted by molar-refractivity contribution is -0.0517. The van der Waals surface area contributed by atoms with Crippen molar-refractivity contribution in [1.82, 2.24) is 19.5 Å². The molecule has 1 fully saturated rings. The normalized spacial score (nSPS) is 27.5. The number of H-pyrrole nitrogens is 2. The second-order valence-electron chi connectivity index (χ2n) is 6.38. The van der Waals surface area contributed by atoms with Gasteiger partial charge in [0.05, 0.1) is 6.61 Å². The maximum atomic E-state index is 12.3. The standard InChI is InChI=1S/C10H16N5O15P3/c11-9-13-6-3(7(18)14-9)12-10(19)15(6)8-5(17)4(16)2(28-8)1-27-32(23,24)30-33(25,26)29-31(20,21)22/h2,4-5,8,16-17H,1H2,(H,12,19)(H,23,24)(H,25,26)(H2,20,21,22)(H3,11,13,14,18). The van der Waals surface area contributed by atoms with Gasteiger partial charge in [-0.1, -0.05) is 0 Å².